The smallest absolute Gasteiger partial charge is 0.293 e. The molecule has 0 bridgehead atoms. The molecule has 0 fully saturated rings. The molecule has 5 nitrogen and oxygen atoms in total. The fraction of sp³-hybridized carbons (Fsp3) is 0.188. The molecule has 0 aromatic heterocycles. The summed E-state index contributed by atoms with van der Waals surface area (Å²) in [6.45, 7) is 2.64. The summed E-state index contributed by atoms with van der Waals surface area (Å²) in [6, 6.07) is 14.4. The number of nitrogens with one attached hydrogen (secondary N) is 1. The first kappa shape index (κ1) is 14.5. The molecule has 0 amide bonds. The van der Waals surface area contributed by atoms with E-state index in [-0.39, 0.29) is 11.3 Å². The highest BCUT2D eigenvalue weighted by molar-refractivity contribution is 5.64. The van der Waals surface area contributed by atoms with Gasteiger partial charge in [-0.2, -0.15) is 5.26 Å². The first-order chi connectivity index (χ1) is 10.1. The van der Waals surface area contributed by atoms with Crippen molar-refractivity contribution in [2.45, 2.75) is 13.3 Å². The van der Waals surface area contributed by atoms with Crippen molar-refractivity contribution in [1.82, 2.24) is 0 Å². The summed E-state index contributed by atoms with van der Waals surface area (Å²) in [6.07, 6.45) is 0.782. The molecule has 0 radical (unpaired) electrons. The van der Waals surface area contributed by atoms with Gasteiger partial charge in [-0.3, -0.25) is 10.1 Å². The Morgan fingerprint density at radius 1 is 1.29 bits per heavy atom. The first-order valence-corrected chi connectivity index (χ1v) is 6.58. The normalized spacial score (nSPS) is 9.90. The minimum atomic E-state index is -0.475. The lowest BCUT2D eigenvalue weighted by molar-refractivity contribution is -0.384. The molecule has 2 aromatic rings. The Balaban J connectivity index is 2.08. The van der Waals surface area contributed by atoms with Gasteiger partial charge in [0.1, 0.15) is 5.69 Å². The van der Waals surface area contributed by atoms with Crippen LogP contribution < -0.4 is 5.32 Å². The van der Waals surface area contributed by atoms with E-state index in [2.05, 4.69) is 5.32 Å². The molecule has 0 unspecified atom stereocenters. The largest absolute Gasteiger partial charge is 0.379 e. The van der Waals surface area contributed by atoms with Crippen molar-refractivity contribution in [1.29, 1.82) is 5.26 Å². The molecule has 0 aliphatic carbocycles. The molecule has 106 valence electrons. The summed E-state index contributed by atoms with van der Waals surface area (Å²) < 4.78 is 0. The predicted octanol–water partition coefficient (Wildman–Crippen LogP) is 3.43. The van der Waals surface area contributed by atoms with E-state index in [0.29, 0.717) is 12.2 Å². The number of aryl methyl sites for hydroxylation is 1. The molecule has 0 aliphatic heterocycles. The third kappa shape index (κ3) is 3.57. The minimum Gasteiger partial charge on any atom is -0.379 e. The summed E-state index contributed by atoms with van der Waals surface area (Å²) in [7, 11) is 0. The quantitative estimate of drug-likeness (QED) is 0.672. The lowest BCUT2D eigenvalue weighted by Gasteiger charge is -2.09. The van der Waals surface area contributed by atoms with Crippen LogP contribution in [0.1, 0.15) is 16.7 Å². The van der Waals surface area contributed by atoms with Gasteiger partial charge in [-0.05, 0) is 36.6 Å². The Hall–Kier alpha value is -2.87. The summed E-state index contributed by atoms with van der Waals surface area (Å²) in [5.41, 5.74) is 3.06. The monoisotopic (exact) mass is 281 g/mol. The molecule has 0 saturated heterocycles. The summed E-state index contributed by atoms with van der Waals surface area (Å²) in [5, 5.41) is 22.9. The van der Waals surface area contributed by atoms with Crippen molar-refractivity contribution in [3.8, 4) is 6.07 Å². The summed E-state index contributed by atoms with van der Waals surface area (Å²) in [5.74, 6) is 0. The van der Waals surface area contributed by atoms with Crippen molar-refractivity contribution in [2.24, 2.45) is 0 Å². The Bertz CT molecular complexity index is 705. The number of benzene rings is 2. The molecule has 5 heteroatoms. The van der Waals surface area contributed by atoms with E-state index in [9.17, 15) is 10.1 Å². The number of anilines is 1. The molecular weight excluding hydrogens is 266 g/mol. The van der Waals surface area contributed by atoms with Gasteiger partial charge < -0.3 is 5.32 Å². The van der Waals surface area contributed by atoms with Crippen LogP contribution in [0, 0.1) is 28.4 Å². The zero-order valence-electron chi connectivity index (χ0n) is 11.7. The average molecular weight is 281 g/mol. The maximum Gasteiger partial charge on any atom is 0.293 e. The Morgan fingerprint density at radius 3 is 2.71 bits per heavy atom. The Labute approximate surface area is 123 Å². The van der Waals surface area contributed by atoms with E-state index in [1.165, 1.54) is 17.2 Å². The molecular formula is C16H15N3O2. The third-order valence-electron chi connectivity index (χ3n) is 3.29. The number of rotatable bonds is 5. The fourth-order valence-electron chi connectivity index (χ4n) is 2.12. The van der Waals surface area contributed by atoms with Crippen molar-refractivity contribution in [3.05, 3.63) is 69.3 Å². The first-order valence-electron chi connectivity index (χ1n) is 6.58. The zero-order valence-corrected chi connectivity index (χ0v) is 11.7. The maximum atomic E-state index is 11.0. The SMILES string of the molecule is Cc1ccccc1CCNc1ccc(C#N)cc1[N+](=O)[O-]. The number of hydrogen-bond donors (Lipinski definition) is 1. The van der Waals surface area contributed by atoms with E-state index in [1.807, 2.05) is 37.3 Å². The second-order valence-electron chi connectivity index (χ2n) is 4.70. The second-order valence-corrected chi connectivity index (χ2v) is 4.70. The van der Waals surface area contributed by atoms with Crippen molar-refractivity contribution in [2.75, 3.05) is 11.9 Å². The van der Waals surface area contributed by atoms with Crippen LogP contribution in [0.3, 0.4) is 0 Å². The van der Waals surface area contributed by atoms with Crippen molar-refractivity contribution < 1.29 is 4.92 Å². The number of hydrogen-bond acceptors (Lipinski definition) is 4. The fourth-order valence-corrected chi connectivity index (χ4v) is 2.12. The van der Waals surface area contributed by atoms with Gasteiger partial charge in [-0.1, -0.05) is 24.3 Å². The molecule has 0 atom stereocenters. The summed E-state index contributed by atoms with van der Waals surface area (Å²) >= 11 is 0. The lowest BCUT2D eigenvalue weighted by Crippen LogP contribution is -2.07. The van der Waals surface area contributed by atoms with Gasteiger partial charge in [0.15, 0.2) is 0 Å². The van der Waals surface area contributed by atoms with Crippen molar-refractivity contribution in [3.63, 3.8) is 0 Å². The van der Waals surface area contributed by atoms with Crippen LogP contribution in [0.15, 0.2) is 42.5 Å². The average Bonchev–Trinajstić information content (AvgIpc) is 2.49. The lowest BCUT2D eigenvalue weighted by atomic mass is 10.1. The van der Waals surface area contributed by atoms with E-state index in [1.54, 1.807) is 12.1 Å². The van der Waals surface area contributed by atoms with Gasteiger partial charge in [0.2, 0.25) is 0 Å². The molecule has 0 saturated carbocycles. The van der Waals surface area contributed by atoms with Crippen LogP contribution in [0.2, 0.25) is 0 Å². The van der Waals surface area contributed by atoms with Gasteiger partial charge in [-0.25, -0.2) is 0 Å². The maximum absolute atomic E-state index is 11.0. The van der Waals surface area contributed by atoms with Crippen LogP contribution in [0.4, 0.5) is 11.4 Å². The Kier molecular flexibility index (Phi) is 4.52. The molecule has 0 heterocycles. The molecule has 1 N–H and O–H groups in total. The second kappa shape index (κ2) is 6.53. The van der Waals surface area contributed by atoms with E-state index in [4.69, 9.17) is 5.26 Å². The highest BCUT2D eigenvalue weighted by Crippen LogP contribution is 2.25. The highest BCUT2D eigenvalue weighted by Gasteiger charge is 2.14. The number of nitro benzene ring substituents is 1. The molecule has 0 aliphatic rings. The van der Waals surface area contributed by atoms with Crippen LogP contribution >= 0.6 is 0 Å². The molecule has 0 spiro atoms. The Morgan fingerprint density at radius 2 is 2.05 bits per heavy atom. The van der Waals surface area contributed by atoms with E-state index in [0.717, 1.165) is 6.42 Å². The zero-order chi connectivity index (χ0) is 15.2. The van der Waals surface area contributed by atoms with E-state index < -0.39 is 4.92 Å². The van der Waals surface area contributed by atoms with Gasteiger partial charge >= 0.3 is 0 Å². The highest BCUT2D eigenvalue weighted by atomic mass is 16.6. The molecule has 2 aromatic carbocycles. The van der Waals surface area contributed by atoms with Crippen LogP contribution in [-0.4, -0.2) is 11.5 Å². The number of nitro groups is 1. The minimum absolute atomic E-state index is 0.0705. The number of nitrogens with zero attached hydrogens (tertiary/aromatic N) is 2. The van der Waals surface area contributed by atoms with Crippen LogP contribution in [0.25, 0.3) is 0 Å². The van der Waals surface area contributed by atoms with Crippen LogP contribution in [0.5, 0.6) is 0 Å². The predicted molar refractivity (Wildman–Crippen MR) is 81.2 cm³/mol. The van der Waals surface area contributed by atoms with Crippen molar-refractivity contribution >= 4 is 11.4 Å². The molecule has 2 rings (SSSR count). The molecule has 21 heavy (non-hydrogen) atoms. The van der Waals surface area contributed by atoms with Gasteiger partial charge in [-0.15, -0.1) is 0 Å². The van der Waals surface area contributed by atoms with Gasteiger partial charge in [0.05, 0.1) is 16.6 Å². The number of nitriles is 1. The topological polar surface area (TPSA) is 79.0 Å². The summed E-state index contributed by atoms with van der Waals surface area (Å²) in [4.78, 5) is 10.6. The third-order valence-corrected chi connectivity index (χ3v) is 3.29. The van der Waals surface area contributed by atoms with Gasteiger partial charge in [0, 0.05) is 12.6 Å². The standard InChI is InChI=1S/C16H15N3O2/c1-12-4-2-3-5-14(12)8-9-18-15-7-6-13(11-17)10-16(15)19(20)21/h2-7,10,18H,8-9H2,1H3. The van der Waals surface area contributed by atoms with E-state index >= 15 is 0 Å². The van der Waals surface area contributed by atoms with Gasteiger partial charge in [0.25, 0.3) is 5.69 Å². The van der Waals surface area contributed by atoms with Crippen LogP contribution in [-0.2, 0) is 6.42 Å².